The van der Waals surface area contributed by atoms with Gasteiger partial charge in [-0.15, -0.1) is 11.3 Å². The highest BCUT2D eigenvalue weighted by molar-refractivity contribution is 7.13. The Kier molecular flexibility index (Phi) is 5.93. The van der Waals surface area contributed by atoms with Gasteiger partial charge in [-0.1, -0.05) is 36.4 Å². The number of esters is 1. The molecule has 1 aromatic carbocycles. The standard InChI is InChI=1S/C20H19N3O3S/c1-23(2)20(25)18(14-8-4-3-5-9-14)26-17(24)12-15-13-27-19(22-15)16-10-6-7-11-21-16/h3-11,13,18H,12H2,1-2H3. The molecule has 0 aliphatic rings. The fourth-order valence-electron chi connectivity index (χ4n) is 2.44. The number of hydrogen-bond donors (Lipinski definition) is 0. The lowest BCUT2D eigenvalue weighted by Crippen LogP contribution is -2.31. The van der Waals surface area contributed by atoms with Gasteiger partial charge in [-0.3, -0.25) is 14.6 Å². The normalized spacial score (nSPS) is 11.6. The summed E-state index contributed by atoms with van der Waals surface area (Å²) in [5, 5.41) is 2.54. The third kappa shape index (κ3) is 4.77. The number of aromatic nitrogens is 2. The molecule has 0 fully saturated rings. The zero-order valence-electron chi connectivity index (χ0n) is 15.0. The Labute approximate surface area is 161 Å². The van der Waals surface area contributed by atoms with Crippen molar-refractivity contribution in [1.29, 1.82) is 0 Å². The molecule has 2 aromatic heterocycles. The molecule has 1 atom stereocenters. The first-order valence-electron chi connectivity index (χ1n) is 8.36. The molecule has 138 valence electrons. The van der Waals surface area contributed by atoms with Crippen molar-refractivity contribution in [2.45, 2.75) is 12.5 Å². The summed E-state index contributed by atoms with van der Waals surface area (Å²) >= 11 is 1.41. The van der Waals surface area contributed by atoms with Gasteiger partial charge >= 0.3 is 5.97 Å². The largest absolute Gasteiger partial charge is 0.447 e. The van der Waals surface area contributed by atoms with E-state index in [4.69, 9.17) is 4.74 Å². The monoisotopic (exact) mass is 381 g/mol. The van der Waals surface area contributed by atoms with Gasteiger partial charge < -0.3 is 9.64 Å². The number of pyridine rings is 1. The molecule has 0 aliphatic carbocycles. The first-order chi connectivity index (χ1) is 13.0. The van der Waals surface area contributed by atoms with E-state index in [0.717, 1.165) is 10.7 Å². The molecule has 0 bridgehead atoms. The fraction of sp³-hybridized carbons (Fsp3) is 0.200. The Morgan fingerprint density at radius 2 is 1.85 bits per heavy atom. The van der Waals surface area contributed by atoms with E-state index < -0.39 is 12.1 Å². The van der Waals surface area contributed by atoms with Gasteiger partial charge in [-0.25, -0.2) is 4.98 Å². The minimum atomic E-state index is -0.970. The average molecular weight is 381 g/mol. The summed E-state index contributed by atoms with van der Waals surface area (Å²) in [6.07, 6.45) is 0.720. The van der Waals surface area contributed by atoms with Crippen LogP contribution in [0, 0.1) is 0 Å². The third-order valence-corrected chi connectivity index (χ3v) is 4.69. The number of amides is 1. The second kappa shape index (κ2) is 8.55. The molecule has 0 N–H and O–H groups in total. The number of ether oxygens (including phenoxy) is 1. The summed E-state index contributed by atoms with van der Waals surface area (Å²) in [5.74, 6) is -0.793. The first kappa shape index (κ1) is 18.7. The number of nitrogens with zero attached hydrogens (tertiary/aromatic N) is 3. The Morgan fingerprint density at radius 1 is 1.11 bits per heavy atom. The van der Waals surface area contributed by atoms with Crippen LogP contribution in [0.4, 0.5) is 0 Å². The molecule has 1 unspecified atom stereocenters. The molecular weight excluding hydrogens is 362 g/mol. The zero-order valence-corrected chi connectivity index (χ0v) is 15.8. The molecule has 0 aliphatic heterocycles. The molecule has 2 heterocycles. The molecule has 0 spiro atoms. The van der Waals surface area contributed by atoms with Crippen LogP contribution in [0.1, 0.15) is 17.4 Å². The van der Waals surface area contributed by atoms with Crippen molar-refractivity contribution in [2.24, 2.45) is 0 Å². The molecule has 0 saturated heterocycles. The summed E-state index contributed by atoms with van der Waals surface area (Å²) in [4.78, 5) is 35.0. The second-order valence-corrected chi connectivity index (χ2v) is 6.91. The first-order valence-corrected chi connectivity index (χ1v) is 9.24. The third-order valence-electron chi connectivity index (χ3n) is 3.78. The molecule has 0 radical (unpaired) electrons. The van der Waals surface area contributed by atoms with Crippen LogP contribution >= 0.6 is 11.3 Å². The van der Waals surface area contributed by atoms with E-state index in [-0.39, 0.29) is 12.3 Å². The van der Waals surface area contributed by atoms with Crippen LogP contribution in [-0.4, -0.2) is 40.8 Å². The summed E-state index contributed by atoms with van der Waals surface area (Å²) in [6.45, 7) is 0. The molecule has 1 amide bonds. The summed E-state index contributed by atoms with van der Waals surface area (Å²) in [7, 11) is 3.26. The van der Waals surface area contributed by atoms with Gasteiger partial charge in [0.2, 0.25) is 6.10 Å². The van der Waals surface area contributed by atoms with E-state index in [1.54, 1.807) is 49.9 Å². The predicted octanol–water partition coefficient (Wildman–Crippen LogP) is 3.12. The molecule has 27 heavy (non-hydrogen) atoms. The number of likely N-dealkylation sites (N-methyl/N-ethyl adjacent to an activating group) is 1. The Hall–Kier alpha value is -3.06. The Bertz CT molecular complexity index is 910. The second-order valence-electron chi connectivity index (χ2n) is 6.05. The SMILES string of the molecule is CN(C)C(=O)C(OC(=O)Cc1csc(-c2ccccn2)n1)c1ccccc1. The number of rotatable bonds is 6. The lowest BCUT2D eigenvalue weighted by molar-refractivity contribution is -0.159. The molecule has 3 rings (SSSR count). The van der Waals surface area contributed by atoms with E-state index >= 15 is 0 Å². The predicted molar refractivity (Wildman–Crippen MR) is 103 cm³/mol. The molecule has 0 saturated carbocycles. The summed E-state index contributed by atoms with van der Waals surface area (Å²) < 4.78 is 5.50. The van der Waals surface area contributed by atoms with E-state index in [2.05, 4.69) is 9.97 Å². The number of carbonyl (C=O) groups excluding carboxylic acids is 2. The van der Waals surface area contributed by atoms with Gasteiger partial charge in [0.1, 0.15) is 5.01 Å². The van der Waals surface area contributed by atoms with Crippen molar-refractivity contribution >= 4 is 23.2 Å². The average Bonchev–Trinajstić information content (AvgIpc) is 3.15. The highest BCUT2D eigenvalue weighted by Crippen LogP contribution is 2.23. The zero-order chi connectivity index (χ0) is 19.2. The van der Waals surface area contributed by atoms with Gasteiger partial charge in [0.05, 0.1) is 17.8 Å². The minimum absolute atomic E-state index is 0.00657. The van der Waals surface area contributed by atoms with Gasteiger partial charge in [-0.2, -0.15) is 0 Å². The number of thiazole rings is 1. The smallest absolute Gasteiger partial charge is 0.313 e. The van der Waals surface area contributed by atoms with Crippen LogP contribution in [0.2, 0.25) is 0 Å². The van der Waals surface area contributed by atoms with E-state index in [1.807, 2.05) is 24.3 Å². The molecule has 6 nitrogen and oxygen atoms in total. The van der Waals surface area contributed by atoms with E-state index in [0.29, 0.717) is 11.3 Å². The van der Waals surface area contributed by atoms with Crippen LogP contribution in [0.25, 0.3) is 10.7 Å². The van der Waals surface area contributed by atoms with Gasteiger partial charge in [-0.05, 0) is 12.1 Å². The van der Waals surface area contributed by atoms with Crippen LogP contribution in [0.15, 0.2) is 60.1 Å². The maximum absolute atomic E-state index is 12.4. The Balaban J connectivity index is 1.71. The van der Waals surface area contributed by atoms with Gasteiger partial charge in [0, 0.05) is 31.2 Å². The minimum Gasteiger partial charge on any atom is -0.447 e. The number of hydrogen-bond acceptors (Lipinski definition) is 6. The van der Waals surface area contributed by atoms with Gasteiger partial charge in [0.15, 0.2) is 0 Å². The van der Waals surface area contributed by atoms with Crippen molar-refractivity contribution in [1.82, 2.24) is 14.9 Å². The highest BCUT2D eigenvalue weighted by atomic mass is 32.1. The van der Waals surface area contributed by atoms with Crippen LogP contribution in [0.3, 0.4) is 0 Å². The number of carbonyl (C=O) groups is 2. The van der Waals surface area contributed by atoms with Crippen LogP contribution in [-0.2, 0) is 20.7 Å². The van der Waals surface area contributed by atoms with Crippen LogP contribution < -0.4 is 0 Å². The van der Waals surface area contributed by atoms with Crippen molar-refractivity contribution in [2.75, 3.05) is 14.1 Å². The van der Waals surface area contributed by atoms with E-state index in [9.17, 15) is 9.59 Å². The topological polar surface area (TPSA) is 72.4 Å². The molecule has 3 aromatic rings. The van der Waals surface area contributed by atoms with E-state index in [1.165, 1.54) is 16.2 Å². The number of benzene rings is 1. The van der Waals surface area contributed by atoms with Crippen molar-refractivity contribution in [3.05, 3.63) is 71.4 Å². The van der Waals surface area contributed by atoms with Crippen LogP contribution in [0.5, 0.6) is 0 Å². The lowest BCUT2D eigenvalue weighted by atomic mass is 10.1. The quantitative estimate of drug-likeness (QED) is 0.614. The fourth-order valence-corrected chi connectivity index (χ4v) is 3.23. The van der Waals surface area contributed by atoms with Crippen molar-refractivity contribution in [3.8, 4) is 10.7 Å². The molecule has 7 heteroatoms. The summed E-state index contributed by atoms with van der Waals surface area (Å²) in [6, 6.07) is 14.6. The molecular formula is C20H19N3O3S. The van der Waals surface area contributed by atoms with Crippen molar-refractivity contribution in [3.63, 3.8) is 0 Å². The highest BCUT2D eigenvalue weighted by Gasteiger charge is 2.26. The maximum atomic E-state index is 12.4. The lowest BCUT2D eigenvalue weighted by Gasteiger charge is -2.21. The Morgan fingerprint density at radius 3 is 2.52 bits per heavy atom. The van der Waals surface area contributed by atoms with Gasteiger partial charge in [0.25, 0.3) is 5.91 Å². The summed E-state index contributed by atoms with van der Waals surface area (Å²) in [5.41, 5.74) is 1.99. The van der Waals surface area contributed by atoms with Crippen molar-refractivity contribution < 1.29 is 14.3 Å². The maximum Gasteiger partial charge on any atom is 0.313 e.